The van der Waals surface area contributed by atoms with Crippen molar-refractivity contribution in [2.75, 3.05) is 5.32 Å². The number of hydrogen-bond acceptors (Lipinski definition) is 4. The molecule has 20 heavy (non-hydrogen) atoms. The van der Waals surface area contributed by atoms with Crippen LogP contribution in [0, 0.1) is 22.5 Å². The van der Waals surface area contributed by atoms with E-state index in [-0.39, 0.29) is 22.7 Å². The van der Waals surface area contributed by atoms with E-state index in [9.17, 15) is 10.1 Å². The Labute approximate surface area is 119 Å². The minimum Gasteiger partial charge on any atom is -0.362 e. The highest BCUT2D eigenvalue weighted by atomic mass is 16.6. The minimum absolute atomic E-state index is 0.0966. The fourth-order valence-electron chi connectivity index (χ4n) is 3.02. The van der Waals surface area contributed by atoms with E-state index in [0.29, 0.717) is 16.9 Å². The summed E-state index contributed by atoms with van der Waals surface area (Å²) in [4.78, 5) is 11.0. The zero-order valence-electron chi connectivity index (χ0n) is 12.9. The second-order valence-electron chi connectivity index (χ2n) is 6.83. The molecule has 1 aromatic heterocycles. The van der Waals surface area contributed by atoms with E-state index in [1.807, 2.05) is 13.8 Å². The van der Waals surface area contributed by atoms with E-state index in [0.717, 1.165) is 19.3 Å². The van der Waals surface area contributed by atoms with Gasteiger partial charge in [-0.05, 0) is 45.4 Å². The molecular formula is C14H24N4O2. The lowest BCUT2D eigenvalue weighted by Gasteiger charge is -2.19. The Kier molecular flexibility index (Phi) is 3.75. The van der Waals surface area contributed by atoms with Crippen LogP contribution < -0.4 is 5.32 Å². The number of hydrogen-bond donors (Lipinski definition) is 1. The van der Waals surface area contributed by atoms with Gasteiger partial charge in [0.1, 0.15) is 5.69 Å². The molecule has 6 heteroatoms. The van der Waals surface area contributed by atoms with Gasteiger partial charge in [0, 0.05) is 12.1 Å². The minimum atomic E-state index is -0.330. The SMILES string of the molecule is Cc1nn(C(C)C)c(NC2CCC(C)(C)C2)c1[N+](=O)[O-]. The van der Waals surface area contributed by atoms with Crippen LogP contribution in [0.4, 0.5) is 11.5 Å². The van der Waals surface area contributed by atoms with Gasteiger partial charge in [-0.2, -0.15) is 5.10 Å². The summed E-state index contributed by atoms with van der Waals surface area (Å²) in [6.45, 7) is 10.2. The number of aromatic nitrogens is 2. The fourth-order valence-corrected chi connectivity index (χ4v) is 3.02. The van der Waals surface area contributed by atoms with Crippen molar-refractivity contribution < 1.29 is 4.92 Å². The highest BCUT2D eigenvalue weighted by molar-refractivity contribution is 5.60. The molecule has 1 aliphatic carbocycles. The molecule has 2 rings (SSSR count). The van der Waals surface area contributed by atoms with Crippen molar-refractivity contribution in [1.29, 1.82) is 0 Å². The van der Waals surface area contributed by atoms with Gasteiger partial charge in [-0.15, -0.1) is 0 Å². The van der Waals surface area contributed by atoms with Crippen LogP contribution in [0.1, 0.15) is 58.7 Å². The Morgan fingerprint density at radius 3 is 2.60 bits per heavy atom. The molecule has 0 radical (unpaired) electrons. The first-order valence-electron chi connectivity index (χ1n) is 7.21. The second-order valence-corrected chi connectivity index (χ2v) is 6.83. The smallest absolute Gasteiger partial charge is 0.333 e. The zero-order chi connectivity index (χ0) is 15.1. The van der Waals surface area contributed by atoms with Crippen LogP contribution >= 0.6 is 0 Å². The number of aryl methyl sites for hydroxylation is 1. The first kappa shape index (κ1) is 14.8. The van der Waals surface area contributed by atoms with Gasteiger partial charge < -0.3 is 5.32 Å². The maximum atomic E-state index is 11.3. The standard InChI is InChI=1S/C14H24N4O2/c1-9(2)17-13(12(18(19)20)10(3)16-17)15-11-6-7-14(4,5)8-11/h9,11,15H,6-8H2,1-5H3. The van der Waals surface area contributed by atoms with Gasteiger partial charge in [0.15, 0.2) is 0 Å². The average molecular weight is 280 g/mol. The van der Waals surface area contributed by atoms with Gasteiger partial charge in [-0.3, -0.25) is 10.1 Å². The van der Waals surface area contributed by atoms with Crippen LogP contribution in [-0.4, -0.2) is 20.7 Å². The molecule has 1 aromatic rings. The molecule has 0 saturated heterocycles. The first-order chi connectivity index (χ1) is 9.21. The second kappa shape index (κ2) is 5.07. The van der Waals surface area contributed by atoms with Gasteiger partial charge >= 0.3 is 5.69 Å². The van der Waals surface area contributed by atoms with Gasteiger partial charge in [0.05, 0.1) is 4.92 Å². The van der Waals surface area contributed by atoms with Crippen LogP contribution in [0.2, 0.25) is 0 Å². The maximum absolute atomic E-state index is 11.3. The molecule has 0 bridgehead atoms. The first-order valence-corrected chi connectivity index (χ1v) is 7.21. The Bertz CT molecular complexity index is 519. The van der Waals surface area contributed by atoms with Crippen molar-refractivity contribution >= 4 is 11.5 Å². The summed E-state index contributed by atoms with van der Waals surface area (Å²) in [7, 11) is 0. The predicted octanol–water partition coefficient (Wildman–Crippen LogP) is 3.67. The molecule has 0 spiro atoms. The van der Waals surface area contributed by atoms with Crippen LogP contribution in [-0.2, 0) is 0 Å². The normalized spacial score (nSPS) is 21.4. The van der Waals surface area contributed by atoms with Crippen LogP contribution in [0.15, 0.2) is 0 Å². The Morgan fingerprint density at radius 2 is 2.15 bits per heavy atom. The molecule has 1 unspecified atom stereocenters. The molecule has 1 atom stereocenters. The number of nitrogens with zero attached hydrogens (tertiary/aromatic N) is 3. The van der Waals surface area contributed by atoms with E-state index in [2.05, 4.69) is 24.3 Å². The molecule has 1 N–H and O–H groups in total. The summed E-state index contributed by atoms with van der Waals surface area (Å²) in [6, 6.07) is 0.386. The molecule has 0 amide bonds. The third-order valence-corrected chi connectivity index (χ3v) is 4.03. The van der Waals surface area contributed by atoms with Crippen molar-refractivity contribution in [1.82, 2.24) is 9.78 Å². The molecular weight excluding hydrogens is 256 g/mol. The zero-order valence-corrected chi connectivity index (χ0v) is 12.9. The molecule has 112 valence electrons. The number of nitro groups is 1. The fraction of sp³-hybridized carbons (Fsp3) is 0.786. The van der Waals surface area contributed by atoms with Gasteiger partial charge in [0.25, 0.3) is 0 Å². The number of nitrogens with one attached hydrogen (secondary N) is 1. The van der Waals surface area contributed by atoms with Crippen molar-refractivity contribution in [2.45, 2.75) is 66.0 Å². The summed E-state index contributed by atoms with van der Waals surface area (Å²) in [6.07, 6.45) is 3.23. The largest absolute Gasteiger partial charge is 0.362 e. The lowest BCUT2D eigenvalue weighted by Crippen LogP contribution is -2.21. The molecule has 6 nitrogen and oxygen atoms in total. The van der Waals surface area contributed by atoms with E-state index in [1.54, 1.807) is 11.6 Å². The molecule has 1 saturated carbocycles. The monoisotopic (exact) mass is 280 g/mol. The van der Waals surface area contributed by atoms with E-state index in [4.69, 9.17) is 0 Å². The lowest BCUT2D eigenvalue weighted by molar-refractivity contribution is -0.384. The summed E-state index contributed by atoms with van der Waals surface area (Å²) >= 11 is 0. The van der Waals surface area contributed by atoms with E-state index in [1.165, 1.54) is 0 Å². The predicted molar refractivity (Wildman–Crippen MR) is 79.0 cm³/mol. The molecule has 1 fully saturated rings. The van der Waals surface area contributed by atoms with E-state index >= 15 is 0 Å². The number of anilines is 1. The third-order valence-electron chi connectivity index (χ3n) is 4.03. The topological polar surface area (TPSA) is 73.0 Å². The third kappa shape index (κ3) is 2.78. The highest BCUT2D eigenvalue weighted by Gasteiger charge is 2.34. The summed E-state index contributed by atoms with van der Waals surface area (Å²) in [5.41, 5.74) is 0.899. The molecule has 1 heterocycles. The number of rotatable bonds is 4. The van der Waals surface area contributed by atoms with Gasteiger partial charge in [0.2, 0.25) is 5.82 Å². The Balaban J connectivity index is 2.32. The Hall–Kier alpha value is -1.59. The van der Waals surface area contributed by atoms with Gasteiger partial charge in [-0.25, -0.2) is 4.68 Å². The van der Waals surface area contributed by atoms with E-state index < -0.39 is 0 Å². The molecule has 0 aromatic carbocycles. The van der Waals surface area contributed by atoms with Crippen molar-refractivity contribution in [2.24, 2.45) is 5.41 Å². The van der Waals surface area contributed by atoms with Crippen molar-refractivity contribution in [3.8, 4) is 0 Å². The van der Waals surface area contributed by atoms with Gasteiger partial charge in [-0.1, -0.05) is 13.8 Å². The summed E-state index contributed by atoms with van der Waals surface area (Å²) in [5.74, 6) is 0.560. The average Bonchev–Trinajstić information content (AvgIpc) is 2.79. The molecule has 1 aliphatic rings. The van der Waals surface area contributed by atoms with Crippen LogP contribution in [0.25, 0.3) is 0 Å². The quantitative estimate of drug-likeness (QED) is 0.674. The highest BCUT2D eigenvalue weighted by Crippen LogP contribution is 2.40. The van der Waals surface area contributed by atoms with Crippen molar-refractivity contribution in [3.05, 3.63) is 15.8 Å². The summed E-state index contributed by atoms with van der Waals surface area (Å²) in [5, 5.41) is 19.0. The van der Waals surface area contributed by atoms with Crippen LogP contribution in [0.5, 0.6) is 0 Å². The Morgan fingerprint density at radius 1 is 1.50 bits per heavy atom. The lowest BCUT2D eigenvalue weighted by atomic mass is 9.92. The summed E-state index contributed by atoms with van der Waals surface area (Å²) < 4.78 is 1.73. The van der Waals surface area contributed by atoms with Crippen LogP contribution in [0.3, 0.4) is 0 Å². The van der Waals surface area contributed by atoms with Crippen molar-refractivity contribution in [3.63, 3.8) is 0 Å². The molecule has 0 aliphatic heterocycles. The maximum Gasteiger partial charge on any atom is 0.333 e.